The lowest BCUT2D eigenvalue weighted by Crippen LogP contribution is -1.92. The molecule has 10 heteroatoms. The van der Waals surface area contributed by atoms with Gasteiger partial charge in [0.1, 0.15) is 21.9 Å². The third kappa shape index (κ3) is 3.47. The zero-order valence-corrected chi connectivity index (χ0v) is 15.7. The molecule has 3 heterocycles. The summed E-state index contributed by atoms with van der Waals surface area (Å²) < 4.78 is 5.28. The fourth-order valence-electron chi connectivity index (χ4n) is 2.67. The lowest BCUT2D eigenvalue weighted by molar-refractivity contribution is -0.384. The molecule has 1 N–H and O–H groups in total. The number of non-ortho nitro benzene ring substituents is 1. The Hall–Kier alpha value is -3.24. The first-order chi connectivity index (χ1) is 13.5. The second-order valence-electron chi connectivity index (χ2n) is 5.68. The first kappa shape index (κ1) is 18.1. The number of carboxylic acids is 1. The predicted octanol–water partition coefficient (Wildman–Crippen LogP) is 4.85. The van der Waals surface area contributed by atoms with Crippen molar-refractivity contribution in [1.29, 1.82) is 0 Å². The highest BCUT2D eigenvalue weighted by Crippen LogP contribution is 2.39. The van der Waals surface area contributed by atoms with Crippen LogP contribution in [0, 0.1) is 10.1 Å². The summed E-state index contributed by atoms with van der Waals surface area (Å²) in [6, 6.07) is 9.44. The molecule has 4 aromatic rings. The molecular formula is C18H11N3O5S2. The first-order valence-electron chi connectivity index (χ1n) is 7.95. The smallest absolute Gasteiger partial charge is 0.371 e. The van der Waals surface area contributed by atoms with Gasteiger partial charge in [0.25, 0.3) is 5.69 Å². The van der Waals surface area contributed by atoms with Crippen molar-refractivity contribution < 1.29 is 19.2 Å². The number of aromatic carboxylic acids is 1. The van der Waals surface area contributed by atoms with Crippen molar-refractivity contribution in [3.63, 3.8) is 0 Å². The number of nitro groups is 1. The van der Waals surface area contributed by atoms with E-state index in [1.807, 2.05) is 11.4 Å². The van der Waals surface area contributed by atoms with Crippen LogP contribution in [-0.2, 0) is 5.75 Å². The summed E-state index contributed by atoms with van der Waals surface area (Å²) in [4.78, 5) is 31.0. The average Bonchev–Trinajstić information content (AvgIpc) is 3.34. The highest BCUT2D eigenvalue weighted by molar-refractivity contribution is 7.98. The van der Waals surface area contributed by atoms with E-state index in [4.69, 9.17) is 9.52 Å². The monoisotopic (exact) mass is 413 g/mol. The Morgan fingerprint density at radius 2 is 2.14 bits per heavy atom. The highest BCUT2D eigenvalue weighted by atomic mass is 32.2. The van der Waals surface area contributed by atoms with Crippen LogP contribution in [-0.4, -0.2) is 26.0 Å². The molecule has 0 unspecified atom stereocenters. The van der Waals surface area contributed by atoms with Gasteiger partial charge in [0, 0.05) is 23.1 Å². The van der Waals surface area contributed by atoms with E-state index in [0.29, 0.717) is 22.1 Å². The third-order valence-electron chi connectivity index (χ3n) is 3.93. The van der Waals surface area contributed by atoms with Crippen LogP contribution < -0.4 is 0 Å². The number of thioether (sulfide) groups is 1. The number of hydrogen-bond donors (Lipinski definition) is 1. The van der Waals surface area contributed by atoms with E-state index in [9.17, 15) is 14.9 Å². The number of nitrogens with zero attached hydrogens (tertiary/aromatic N) is 3. The number of thiophene rings is 1. The minimum atomic E-state index is -1.12. The van der Waals surface area contributed by atoms with E-state index in [-0.39, 0.29) is 11.4 Å². The van der Waals surface area contributed by atoms with Crippen LogP contribution in [0.3, 0.4) is 0 Å². The molecule has 0 fully saturated rings. The Morgan fingerprint density at radius 3 is 2.89 bits per heavy atom. The molecule has 3 aromatic heterocycles. The lowest BCUT2D eigenvalue weighted by Gasteiger charge is -2.04. The molecule has 0 bridgehead atoms. The topological polar surface area (TPSA) is 119 Å². The van der Waals surface area contributed by atoms with Gasteiger partial charge in [0.2, 0.25) is 5.76 Å². The Kier molecular flexibility index (Phi) is 4.80. The molecular weight excluding hydrogens is 402 g/mol. The largest absolute Gasteiger partial charge is 0.475 e. The number of furan rings is 1. The quantitative estimate of drug-likeness (QED) is 0.206. The Labute approximate surface area is 166 Å². The van der Waals surface area contributed by atoms with E-state index in [2.05, 4.69) is 9.97 Å². The van der Waals surface area contributed by atoms with Gasteiger partial charge in [0.15, 0.2) is 0 Å². The zero-order valence-electron chi connectivity index (χ0n) is 14.1. The number of aromatic nitrogens is 2. The average molecular weight is 413 g/mol. The van der Waals surface area contributed by atoms with Crippen molar-refractivity contribution >= 4 is 45.0 Å². The fraction of sp³-hybridized carbons (Fsp3) is 0.0556. The van der Waals surface area contributed by atoms with Crippen LogP contribution in [0.4, 0.5) is 5.69 Å². The third-order valence-corrected chi connectivity index (χ3v) is 5.83. The lowest BCUT2D eigenvalue weighted by atomic mass is 10.1. The molecule has 1 aromatic carbocycles. The maximum atomic E-state index is 11.1. The molecule has 8 nitrogen and oxygen atoms in total. The van der Waals surface area contributed by atoms with Gasteiger partial charge in [-0.3, -0.25) is 10.1 Å². The second kappa shape index (κ2) is 7.41. The van der Waals surface area contributed by atoms with Crippen molar-refractivity contribution in [2.75, 3.05) is 0 Å². The number of nitro benzene ring substituents is 1. The summed E-state index contributed by atoms with van der Waals surface area (Å²) in [6.07, 6.45) is 1.46. The standard InChI is InChI=1S/C18H11N3O5S2/c22-18(23)14-5-4-12(26-14)7-27-16-15-13(8-28-17(15)20-9-19-16)10-2-1-3-11(6-10)21(24)25/h1-6,8-9H,7H2,(H,22,23). The number of benzene rings is 1. The van der Waals surface area contributed by atoms with Crippen molar-refractivity contribution in [3.05, 3.63) is 69.7 Å². The molecule has 0 radical (unpaired) electrons. The van der Waals surface area contributed by atoms with Crippen LogP contribution in [0.1, 0.15) is 16.3 Å². The van der Waals surface area contributed by atoms with Gasteiger partial charge < -0.3 is 9.52 Å². The second-order valence-corrected chi connectivity index (χ2v) is 7.50. The molecule has 140 valence electrons. The van der Waals surface area contributed by atoms with Crippen LogP contribution >= 0.6 is 23.1 Å². The summed E-state index contributed by atoms with van der Waals surface area (Å²) in [5, 5.41) is 23.4. The van der Waals surface area contributed by atoms with Crippen LogP contribution in [0.2, 0.25) is 0 Å². The normalized spacial score (nSPS) is 11.0. The van der Waals surface area contributed by atoms with Gasteiger partial charge in [-0.2, -0.15) is 0 Å². The van der Waals surface area contributed by atoms with Crippen molar-refractivity contribution in [2.45, 2.75) is 10.8 Å². The summed E-state index contributed by atoms with van der Waals surface area (Å²) >= 11 is 2.82. The van der Waals surface area contributed by atoms with Crippen LogP contribution in [0.25, 0.3) is 21.3 Å². The molecule has 0 aliphatic carbocycles. The van der Waals surface area contributed by atoms with E-state index in [1.54, 1.807) is 12.1 Å². The summed E-state index contributed by atoms with van der Waals surface area (Å²) in [7, 11) is 0. The predicted molar refractivity (Wildman–Crippen MR) is 105 cm³/mol. The molecule has 0 aliphatic heterocycles. The van der Waals surface area contributed by atoms with Gasteiger partial charge in [0.05, 0.1) is 16.1 Å². The summed E-state index contributed by atoms with van der Waals surface area (Å²) in [5.41, 5.74) is 1.54. The maximum absolute atomic E-state index is 11.1. The molecule has 0 atom stereocenters. The van der Waals surface area contributed by atoms with Crippen molar-refractivity contribution in [1.82, 2.24) is 9.97 Å². The van der Waals surface area contributed by atoms with E-state index >= 15 is 0 Å². The number of hydrogen-bond acceptors (Lipinski definition) is 8. The molecule has 28 heavy (non-hydrogen) atoms. The molecule has 0 saturated carbocycles. The maximum Gasteiger partial charge on any atom is 0.371 e. The number of rotatable bonds is 6. The summed E-state index contributed by atoms with van der Waals surface area (Å²) in [5.74, 6) is -0.326. The fourth-order valence-corrected chi connectivity index (χ4v) is 4.55. The number of carbonyl (C=O) groups is 1. The molecule has 4 rings (SSSR count). The SMILES string of the molecule is O=C(O)c1ccc(CSc2ncnc3scc(-c4cccc([N+](=O)[O-])c4)c23)o1. The van der Waals surface area contributed by atoms with E-state index in [0.717, 1.165) is 15.8 Å². The number of carboxylic acid groups (broad SMARTS) is 1. The molecule has 0 amide bonds. The van der Waals surface area contributed by atoms with Crippen molar-refractivity contribution in [2.24, 2.45) is 0 Å². The first-order valence-corrected chi connectivity index (χ1v) is 9.81. The summed E-state index contributed by atoms with van der Waals surface area (Å²) in [6.45, 7) is 0. The van der Waals surface area contributed by atoms with Crippen LogP contribution in [0.15, 0.2) is 57.5 Å². The minimum absolute atomic E-state index is 0.0136. The van der Waals surface area contributed by atoms with Gasteiger partial charge in [-0.25, -0.2) is 14.8 Å². The molecule has 0 aliphatic rings. The van der Waals surface area contributed by atoms with Crippen molar-refractivity contribution in [3.8, 4) is 11.1 Å². The minimum Gasteiger partial charge on any atom is -0.475 e. The molecule has 0 saturated heterocycles. The Balaban J connectivity index is 1.69. The zero-order chi connectivity index (χ0) is 19.7. The Bertz CT molecular complexity index is 1200. The highest BCUT2D eigenvalue weighted by Gasteiger charge is 2.17. The van der Waals surface area contributed by atoms with E-state index < -0.39 is 10.9 Å². The van der Waals surface area contributed by atoms with Gasteiger partial charge in [-0.1, -0.05) is 23.9 Å². The number of fused-ring (bicyclic) bond motifs is 1. The van der Waals surface area contributed by atoms with Gasteiger partial charge in [-0.15, -0.1) is 11.3 Å². The molecule has 0 spiro atoms. The van der Waals surface area contributed by atoms with Gasteiger partial charge in [-0.05, 0) is 17.7 Å². The van der Waals surface area contributed by atoms with E-state index in [1.165, 1.54) is 47.6 Å². The van der Waals surface area contributed by atoms with Crippen LogP contribution in [0.5, 0.6) is 0 Å². The van der Waals surface area contributed by atoms with Gasteiger partial charge >= 0.3 is 5.97 Å². The Morgan fingerprint density at radius 1 is 1.29 bits per heavy atom.